The molecular weight excluding hydrogens is 348 g/mol. The Bertz CT molecular complexity index is 771. The van der Waals surface area contributed by atoms with Gasteiger partial charge in [0.05, 0.1) is 5.56 Å². The van der Waals surface area contributed by atoms with Crippen molar-refractivity contribution in [3.05, 3.63) is 70.3 Å². The van der Waals surface area contributed by atoms with E-state index in [9.17, 15) is 4.79 Å². The van der Waals surface area contributed by atoms with Gasteiger partial charge in [-0.15, -0.1) is 0 Å². The standard InChI is InChI=1S/C20H24N2O2.2C2H6/c1-14-9-10-16(13-15(14)2)20(21-11-12-22(3)4)18-8-6-5-7-17(18)19(23)24-20;2*1-2/h5-10,13,21H,11-12H2,1-4H3;2*1-2H3. The third-order valence-electron chi connectivity index (χ3n) is 4.62. The predicted octanol–water partition coefficient (Wildman–Crippen LogP) is 4.88. The Morgan fingerprint density at radius 3 is 2.21 bits per heavy atom. The lowest BCUT2D eigenvalue weighted by Crippen LogP contribution is -2.46. The first-order chi connectivity index (χ1) is 13.4. The zero-order chi connectivity index (χ0) is 21.3. The molecule has 4 nitrogen and oxygen atoms in total. The van der Waals surface area contributed by atoms with Crippen molar-refractivity contribution in [2.45, 2.75) is 47.3 Å². The van der Waals surface area contributed by atoms with Gasteiger partial charge in [0.1, 0.15) is 0 Å². The summed E-state index contributed by atoms with van der Waals surface area (Å²) in [4.78, 5) is 14.5. The number of ether oxygens (including phenoxy) is 1. The van der Waals surface area contributed by atoms with Gasteiger partial charge in [0.2, 0.25) is 5.72 Å². The first-order valence-corrected chi connectivity index (χ1v) is 10.2. The van der Waals surface area contributed by atoms with Crippen molar-refractivity contribution < 1.29 is 9.53 Å². The van der Waals surface area contributed by atoms with E-state index >= 15 is 0 Å². The summed E-state index contributed by atoms with van der Waals surface area (Å²) in [5, 5.41) is 3.49. The molecule has 0 amide bonds. The molecule has 154 valence electrons. The van der Waals surface area contributed by atoms with Crippen molar-refractivity contribution in [2.24, 2.45) is 0 Å². The largest absolute Gasteiger partial charge is 0.431 e. The lowest BCUT2D eigenvalue weighted by Gasteiger charge is -2.31. The van der Waals surface area contributed by atoms with E-state index in [1.54, 1.807) is 0 Å². The zero-order valence-corrected chi connectivity index (χ0v) is 18.7. The maximum Gasteiger partial charge on any atom is 0.340 e. The van der Waals surface area contributed by atoms with Crippen molar-refractivity contribution >= 4 is 5.97 Å². The van der Waals surface area contributed by atoms with Crippen LogP contribution < -0.4 is 5.32 Å². The SMILES string of the molecule is CC.CC.Cc1ccc(C2(NCCN(C)C)OC(=O)c3ccccc32)cc1C. The number of nitrogens with zero attached hydrogens (tertiary/aromatic N) is 1. The Labute approximate surface area is 170 Å². The van der Waals surface area contributed by atoms with Crippen LogP contribution in [-0.2, 0) is 10.5 Å². The van der Waals surface area contributed by atoms with E-state index in [0.717, 1.165) is 17.7 Å². The van der Waals surface area contributed by atoms with Crippen LogP contribution in [0.15, 0.2) is 42.5 Å². The molecular formula is C24H36N2O2. The molecule has 0 fully saturated rings. The van der Waals surface area contributed by atoms with Gasteiger partial charge in [0.25, 0.3) is 0 Å². The summed E-state index contributed by atoms with van der Waals surface area (Å²) >= 11 is 0. The van der Waals surface area contributed by atoms with Crippen LogP contribution >= 0.6 is 0 Å². The Hall–Kier alpha value is -2.17. The van der Waals surface area contributed by atoms with E-state index < -0.39 is 5.72 Å². The first kappa shape index (κ1) is 23.9. The average molecular weight is 385 g/mol. The molecule has 1 atom stereocenters. The van der Waals surface area contributed by atoms with Gasteiger partial charge in [0.15, 0.2) is 0 Å². The molecule has 0 saturated carbocycles. The quantitative estimate of drug-likeness (QED) is 0.746. The van der Waals surface area contributed by atoms with Crippen LogP contribution in [0.2, 0.25) is 0 Å². The average Bonchev–Trinajstić information content (AvgIpc) is 3.00. The maximum atomic E-state index is 12.4. The lowest BCUT2D eigenvalue weighted by molar-refractivity contribution is -0.00527. The summed E-state index contributed by atoms with van der Waals surface area (Å²) in [6, 6.07) is 13.8. The van der Waals surface area contributed by atoms with Crippen LogP contribution in [0, 0.1) is 13.8 Å². The summed E-state index contributed by atoms with van der Waals surface area (Å²) in [5.41, 5.74) is 3.97. The zero-order valence-electron chi connectivity index (χ0n) is 18.7. The molecule has 0 radical (unpaired) electrons. The van der Waals surface area contributed by atoms with Gasteiger partial charge in [0, 0.05) is 24.2 Å². The highest BCUT2D eigenvalue weighted by molar-refractivity contribution is 5.95. The number of fused-ring (bicyclic) bond motifs is 1. The molecule has 2 aromatic carbocycles. The second-order valence-electron chi connectivity index (χ2n) is 6.65. The third-order valence-corrected chi connectivity index (χ3v) is 4.62. The summed E-state index contributed by atoms with van der Waals surface area (Å²) in [6.07, 6.45) is 0. The molecule has 0 aromatic heterocycles. The number of likely N-dealkylation sites (N-methyl/N-ethyl adjacent to an activating group) is 1. The number of nitrogens with one attached hydrogen (secondary N) is 1. The van der Waals surface area contributed by atoms with Crippen molar-refractivity contribution in [2.75, 3.05) is 27.2 Å². The molecule has 3 rings (SSSR count). The van der Waals surface area contributed by atoms with Crippen molar-refractivity contribution in [3.63, 3.8) is 0 Å². The van der Waals surface area contributed by atoms with Gasteiger partial charge >= 0.3 is 5.97 Å². The van der Waals surface area contributed by atoms with Crippen LogP contribution in [0.5, 0.6) is 0 Å². The van der Waals surface area contributed by atoms with Crippen LogP contribution in [0.4, 0.5) is 0 Å². The van der Waals surface area contributed by atoms with E-state index in [4.69, 9.17) is 4.74 Å². The smallest absolute Gasteiger partial charge is 0.340 e. The number of benzene rings is 2. The monoisotopic (exact) mass is 384 g/mol. The number of carbonyl (C=O) groups excluding carboxylic acids is 1. The topological polar surface area (TPSA) is 41.6 Å². The highest BCUT2D eigenvalue weighted by Crippen LogP contribution is 2.40. The van der Waals surface area contributed by atoms with E-state index in [2.05, 4.69) is 36.2 Å². The molecule has 0 bridgehead atoms. The van der Waals surface area contributed by atoms with Crippen molar-refractivity contribution in [1.29, 1.82) is 0 Å². The van der Waals surface area contributed by atoms with Gasteiger partial charge in [-0.25, -0.2) is 4.79 Å². The van der Waals surface area contributed by atoms with Crippen LogP contribution in [0.3, 0.4) is 0 Å². The van der Waals surface area contributed by atoms with Crippen LogP contribution in [-0.4, -0.2) is 38.1 Å². The Morgan fingerprint density at radius 1 is 0.964 bits per heavy atom. The minimum Gasteiger partial charge on any atom is -0.431 e. The molecule has 1 N–H and O–H groups in total. The summed E-state index contributed by atoms with van der Waals surface area (Å²) < 4.78 is 5.91. The molecule has 1 aliphatic rings. The van der Waals surface area contributed by atoms with Crippen molar-refractivity contribution in [3.8, 4) is 0 Å². The molecule has 0 spiro atoms. The van der Waals surface area contributed by atoms with E-state index in [-0.39, 0.29) is 5.97 Å². The van der Waals surface area contributed by atoms with E-state index in [0.29, 0.717) is 12.1 Å². The fraction of sp³-hybridized carbons (Fsp3) is 0.458. The maximum absolute atomic E-state index is 12.4. The molecule has 2 aromatic rings. The van der Waals surface area contributed by atoms with Crippen LogP contribution in [0.25, 0.3) is 0 Å². The van der Waals surface area contributed by atoms with E-state index in [1.807, 2.05) is 72.1 Å². The Kier molecular flexibility index (Phi) is 9.36. The molecule has 28 heavy (non-hydrogen) atoms. The minimum absolute atomic E-state index is 0.277. The number of cyclic esters (lactones) is 1. The third kappa shape index (κ3) is 5.00. The highest BCUT2D eigenvalue weighted by atomic mass is 16.6. The number of hydrogen-bond donors (Lipinski definition) is 1. The number of hydrogen-bond acceptors (Lipinski definition) is 4. The van der Waals surface area contributed by atoms with Gasteiger partial charge < -0.3 is 9.64 Å². The summed E-state index contributed by atoms with van der Waals surface area (Å²) in [6.45, 7) is 13.7. The van der Waals surface area contributed by atoms with Crippen molar-refractivity contribution in [1.82, 2.24) is 10.2 Å². The van der Waals surface area contributed by atoms with Gasteiger partial charge in [-0.3, -0.25) is 5.32 Å². The minimum atomic E-state index is -0.915. The molecule has 0 saturated heterocycles. The van der Waals surface area contributed by atoms with Gasteiger partial charge in [-0.05, 0) is 45.1 Å². The number of carbonyl (C=O) groups is 1. The molecule has 1 heterocycles. The Morgan fingerprint density at radius 2 is 1.61 bits per heavy atom. The van der Waals surface area contributed by atoms with Gasteiger partial charge in [-0.1, -0.05) is 64.1 Å². The first-order valence-electron chi connectivity index (χ1n) is 10.2. The summed E-state index contributed by atoms with van der Waals surface area (Å²) in [7, 11) is 4.05. The summed E-state index contributed by atoms with van der Waals surface area (Å²) in [5.74, 6) is -0.277. The molecule has 4 heteroatoms. The fourth-order valence-corrected chi connectivity index (χ4v) is 3.08. The molecule has 1 aliphatic heterocycles. The van der Waals surface area contributed by atoms with Crippen LogP contribution in [0.1, 0.15) is 60.3 Å². The Balaban J connectivity index is 0.000000921. The lowest BCUT2D eigenvalue weighted by atomic mass is 9.91. The number of rotatable bonds is 5. The second kappa shape index (κ2) is 11.0. The van der Waals surface area contributed by atoms with Gasteiger partial charge in [-0.2, -0.15) is 0 Å². The molecule has 0 aliphatic carbocycles. The van der Waals surface area contributed by atoms with E-state index in [1.165, 1.54) is 11.1 Å². The normalized spacial score (nSPS) is 17.1. The molecule has 1 unspecified atom stereocenters. The number of esters is 1. The second-order valence-corrected chi connectivity index (χ2v) is 6.65. The highest BCUT2D eigenvalue weighted by Gasteiger charge is 2.46. The predicted molar refractivity (Wildman–Crippen MR) is 118 cm³/mol. The number of aryl methyl sites for hydroxylation is 2. The fourth-order valence-electron chi connectivity index (χ4n) is 3.08.